The molecule has 0 spiro atoms. The van der Waals surface area contributed by atoms with E-state index >= 15 is 0 Å². The minimum atomic E-state index is -0.943. The molecule has 20 heavy (non-hydrogen) atoms. The van der Waals surface area contributed by atoms with E-state index in [1.807, 2.05) is 0 Å². The van der Waals surface area contributed by atoms with Crippen LogP contribution in [0.4, 0.5) is 0 Å². The van der Waals surface area contributed by atoms with E-state index in [9.17, 15) is 4.79 Å². The third kappa shape index (κ3) is 3.85. The topological polar surface area (TPSA) is 62.5 Å². The van der Waals surface area contributed by atoms with Crippen LogP contribution in [-0.2, 0) is 6.54 Å². The van der Waals surface area contributed by atoms with Gasteiger partial charge >= 0.3 is 5.97 Å². The largest absolute Gasteiger partial charge is 0.478 e. The Hall–Kier alpha value is -0.810. The third-order valence-electron chi connectivity index (χ3n) is 4.19. The fourth-order valence-corrected chi connectivity index (χ4v) is 3.54. The summed E-state index contributed by atoms with van der Waals surface area (Å²) in [6.45, 7) is 2.66. The molecule has 4 nitrogen and oxygen atoms in total. The summed E-state index contributed by atoms with van der Waals surface area (Å²) in [6, 6.07) is 1.96. The predicted octanol–water partition coefficient (Wildman–Crippen LogP) is 4.19. The molecule has 1 atom stereocenters. The molecule has 0 aliphatic heterocycles. The predicted molar refractivity (Wildman–Crippen MR) is 80.9 cm³/mol. The maximum absolute atomic E-state index is 11.1. The van der Waals surface area contributed by atoms with Crippen molar-refractivity contribution in [3.05, 3.63) is 22.1 Å². The van der Waals surface area contributed by atoms with E-state index in [-0.39, 0.29) is 5.56 Å². The van der Waals surface area contributed by atoms with Crippen LogP contribution in [0.5, 0.6) is 0 Å². The zero-order chi connectivity index (χ0) is 14.5. The molecule has 0 aromatic carbocycles. The Balaban J connectivity index is 1.97. The smallest absolute Gasteiger partial charge is 0.339 e. The number of aromatic carboxylic acids is 1. The summed E-state index contributed by atoms with van der Waals surface area (Å²) < 4.78 is 5.90. The monoisotopic (exact) mass is 343 g/mol. The van der Waals surface area contributed by atoms with Crippen molar-refractivity contribution in [1.82, 2.24) is 5.32 Å². The van der Waals surface area contributed by atoms with Gasteiger partial charge in [0, 0.05) is 12.1 Å². The van der Waals surface area contributed by atoms with Gasteiger partial charge in [0.1, 0.15) is 11.3 Å². The first kappa shape index (κ1) is 15.6. The summed E-state index contributed by atoms with van der Waals surface area (Å²) in [5, 5.41) is 12.6. The zero-order valence-corrected chi connectivity index (χ0v) is 13.4. The summed E-state index contributed by atoms with van der Waals surface area (Å²) in [5.74, 6) is 0.265. The highest BCUT2D eigenvalue weighted by molar-refractivity contribution is 9.10. The number of hydrogen-bond donors (Lipinski definition) is 2. The van der Waals surface area contributed by atoms with Crippen molar-refractivity contribution in [2.24, 2.45) is 5.92 Å². The van der Waals surface area contributed by atoms with E-state index in [1.165, 1.54) is 38.2 Å². The van der Waals surface area contributed by atoms with E-state index in [1.54, 1.807) is 0 Å². The molecule has 1 fully saturated rings. The van der Waals surface area contributed by atoms with E-state index in [4.69, 9.17) is 9.52 Å². The molecule has 1 unspecified atom stereocenters. The minimum Gasteiger partial charge on any atom is -0.478 e. The minimum absolute atomic E-state index is 0.239. The lowest BCUT2D eigenvalue weighted by atomic mass is 9.83. The highest BCUT2D eigenvalue weighted by Crippen LogP contribution is 2.28. The SMILES string of the molecule is CCC(NCc1oc(Br)cc1C(=O)O)C1CCCCC1. The standard InChI is InChI=1S/C15H22BrNO3/c1-2-12(10-6-4-3-5-7-10)17-9-13-11(15(18)19)8-14(16)20-13/h8,10,12,17H,2-7,9H2,1H3,(H,18,19). The Morgan fingerprint density at radius 3 is 2.80 bits per heavy atom. The summed E-state index contributed by atoms with van der Waals surface area (Å²) >= 11 is 3.19. The first-order valence-electron chi connectivity index (χ1n) is 7.36. The molecule has 0 radical (unpaired) electrons. The number of carbonyl (C=O) groups is 1. The molecule has 0 amide bonds. The lowest BCUT2D eigenvalue weighted by Gasteiger charge is -2.30. The van der Waals surface area contributed by atoms with Crippen molar-refractivity contribution in [2.75, 3.05) is 0 Å². The third-order valence-corrected chi connectivity index (χ3v) is 4.58. The van der Waals surface area contributed by atoms with Crippen LogP contribution in [0.25, 0.3) is 0 Å². The fraction of sp³-hybridized carbons (Fsp3) is 0.667. The first-order chi connectivity index (χ1) is 9.61. The Kier molecular flexibility index (Phi) is 5.66. The Bertz CT molecular complexity index is 452. The van der Waals surface area contributed by atoms with Gasteiger partial charge < -0.3 is 14.8 Å². The lowest BCUT2D eigenvalue weighted by Crippen LogP contribution is -2.36. The average Bonchev–Trinajstić information content (AvgIpc) is 2.82. The van der Waals surface area contributed by atoms with Gasteiger partial charge in [-0.3, -0.25) is 0 Å². The molecule has 112 valence electrons. The molecule has 1 aromatic heterocycles. The number of nitrogens with one attached hydrogen (secondary N) is 1. The zero-order valence-electron chi connectivity index (χ0n) is 11.8. The Morgan fingerprint density at radius 2 is 2.20 bits per heavy atom. The second kappa shape index (κ2) is 7.27. The van der Waals surface area contributed by atoms with Gasteiger partial charge in [-0.2, -0.15) is 0 Å². The number of carboxylic acid groups (broad SMARTS) is 1. The number of halogens is 1. The van der Waals surface area contributed by atoms with Crippen molar-refractivity contribution >= 4 is 21.9 Å². The second-order valence-electron chi connectivity index (χ2n) is 5.49. The van der Waals surface area contributed by atoms with Crippen molar-refractivity contribution in [3.63, 3.8) is 0 Å². The van der Waals surface area contributed by atoms with Crippen LogP contribution in [0.1, 0.15) is 61.6 Å². The molecular weight excluding hydrogens is 322 g/mol. The van der Waals surface area contributed by atoms with Gasteiger partial charge in [-0.05, 0) is 41.1 Å². The van der Waals surface area contributed by atoms with Crippen LogP contribution < -0.4 is 5.32 Å². The fourth-order valence-electron chi connectivity index (χ4n) is 3.11. The normalized spacial score (nSPS) is 18.1. The van der Waals surface area contributed by atoms with Crippen molar-refractivity contribution < 1.29 is 14.3 Å². The molecule has 0 saturated heterocycles. The van der Waals surface area contributed by atoms with E-state index in [2.05, 4.69) is 28.2 Å². The van der Waals surface area contributed by atoms with E-state index < -0.39 is 5.97 Å². The van der Waals surface area contributed by atoms with Crippen LogP contribution in [0.15, 0.2) is 15.2 Å². The van der Waals surface area contributed by atoms with Crippen molar-refractivity contribution in [1.29, 1.82) is 0 Å². The van der Waals surface area contributed by atoms with E-state index in [0.717, 1.165) is 6.42 Å². The Morgan fingerprint density at radius 1 is 1.50 bits per heavy atom. The van der Waals surface area contributed by atoms with Crippen molar-refractivity contribution in [2.45, 2.75) is 58.0 Å². The first-order valence-corrected chi connectivity index (χ1v) is 8.16. The number of rotatable bonds is 6. The van der Waals surface area contributed by atoms with E-state index in [0.29, 0.717) is 28.9 Å². The quantitative estimate of drug-likeness (QED) is 0.812. The highest BCUT2D eigenvalue weighted by atomic mass is 79.9. The van der Waals surface area contributed by atoms with Crippen LogP contribution in [0, 0.1) is 5.92 Å². The summed E-state index contributed by atoms with van der Waals surface area (Å²) in [5.41, 5.74) is 0.239. The summed E-state index contributed by atoms with van der Waals surface area (Å²) in [6.07, 6.45) is 7.60. The lowest BCUT2D eigenvalue weighted by molar-refractivity contribution is 0.0694. The Labute approximate surface area is 128 Å². The molecule has 2 N–H and O–H groups in total. The molecule has 1 aromatic rings. The number of carboxylic acids is 1. The average molecular weight is 344 g/mol. The second-order valence-corrected chi connectivity index (χ2v) is 6.27. The molecule has 1 aliphatic carbocycles. The van der Waals surface area contributed by atoms with Gasteiger partial charge in [-0.25, -0.2) is 4.79 Å². The van der Waals surface area contributed by atoms with Crippen molar-refractivity contribution in [3.8, 4) is 0 Å². The van der Waals surface area contributed by atoms with Crippen LogP contribution in [0.2, 0.25) is 0 Å². The maximum Gasteiger partial charge on any atom is 0.339 e. The van der Waals surface area contributed by atoms with Gasteiger partial charge in [0.25, 0.3) is 0 Å². The molecule has 1 heterocycles. The van der Waals surface area contributed by atoms with Gasteiger partial charge in [0.2, 0.25) is 0 Å². The molecule has 5 heteroatoms. The van der Waals surface area contributed by atoms with Gasteiger partial charge in [-0.1, -0.05) is 26.2 Å². The number of furan rings is 1. The summed E-state index contributed by atoms with van der Waals surface area (Å²) in [4.78, 5) is 11.1. The van der Waals surface area contributed by atoms with Crippen LogP contribution >= 0.6 is 15.9 Å². The molecule has 2 rings (SSSR count). The van der Waals surface area contributed by atoms with Crippen LogP contribution in [-0.4, -0.2) is 17.1 Å². The maximum atomic E-state index is 11.1. The highest BCUT2D eigenvalue weighted by Gasteiger charge is 2.23. The molecular formula is C15H22BrNO3. The molecule has 1 aliphatic rings. The molecule has 0 bridgehead atoms. The van der Waals surface area contributed by atoms with Gasteiger partial charge in [0.05, 0.1) is 6.54 Å². The molecule has 1 saturated carbocycles. The number of hydrogen-bond acceptors (Lipinski definition) is 3. The van der Waals surface area contributed by atoms with Gasteiger partial charge in [0.15, 0.2) is 4.67 Å². The summed E-state index contributed by atoms with van der Waals surface area (Å²) in [7, 11) is 0. The van der Waals surface area contributed by atoms with Crippen LogP contribution in [0.3, 0.4) is 0 Å². The van der Waals surface area contributed by atoms with Gasteiger partial charge in [-0.15, -0.1) is 0 Å².